The van der Waals surface area contributed by atoms with E-state index in [0.717, 1.165) is 6.54 Å². The lowest BCUT2D eigenvalue weighted by molar-refractivity contribution is 0.285. The molecule has 110 valence electrons. The van der Waals surface area contributed by atoms with Gasteiger partial charge in [-0.3, -0.25) is 0 Å². The second-order valence-electron chi connectivity index (χ2n) is 6.66. The Balaban J connectivity index is 3.17. The maximum atomic E-state index is 5.47. The normalized spacial score (nSPS) is 13.8. The van der Waals surface area contributed by atoms with Crippen molar-refractivity contribution in [1.29, 1.82) is 0 Å². The van der Waals surface area contributed by atoms with Crippen LogP contribution in [0.25, 0.3) is 0 Å². The van der Waals surface area contributed by atoms with Crippen LogP contribution in [0.3, 0.4) is 0 Å². The zero-order chi connectivity index (χ0) is 13.9. The average Bonchev–Trinajstić information content (AvgIpc) is 2.30. The Morgan fingerprint density at radius 2 is 1.28 bits per heavy atom. The Morgan fingerprint density at radius 1 is 0.833 bits per heavy atom. The summed E-state index contributed by atoms with van der Waals surface area (Å²) in [5.74, 6) is 0. The highest BCUT2D eigenvalue weighted by Gasteiger charge is 2.18. The van der Waals surface area contributed by atoms with Crippen LogP contribution in [-0.2, 0) is 0 Å². The maximum absolute atomic E-state index is 5.47. The van der Waals surface area contributed by atoms with Gasteiger partial charge in [0.05, 0.1) is 0 Å². The van der Waals surface area contributed by atoms with E-state index >= 15 is 0 Å². The summed E-state index contributed by atoms with van der Waals surface area (Å²) in [6.07, 6.45) is 10.8. The molecule has 0 amide bonds. The van der Waals surface area contributed by atoms with Crippen molar-refractivity contribution in [2.24, 2.45) is 11.1 Å². The quantitative estimate of drug-likeness (QED) is 0.546. The maximum Gasteiger partial charge on any atom is 0.00872 e. The third-order valence-corrected chi connectivity index (χ3v) is 3.88. The molecule has 2 heteroatoms. The van der Waals surface area contributed by atoms with Gasteiger partial charge in [-0.25, -0.2) is 0 Å². The van der Waals surface area contributed by atoms with Crippen LogP contribution in [0.15, 0.2) is 0 Å². The predicted octanol–water partition coefficient (Wildman–Crippen LogP) is 4.09. The van der Waals surface area contributed by atoms with Gasteiger partial charge in [0.2, 0.25) is 0 Å². The molecular weight excluding hydrogens is 220 g/mol. The molecule has 0 rings (SSSR count). The van der Waals surface area contributed by atoms with Gasteiger partial charge in [0.25, 0.3) is 0 Å². The molecule has 0 aromatic heterocycles. The van der Waals surface area contributed by atoms with Crippen LogP contribution in [-0.4, -0.2) is 19.1 Å². The summed E-state index contributed by atoms with van der Waals surface area (Å²) in [6.45, 7) is 11.2. The molecule has 0 radical (unpaired) electrons. The first-order chi connectivity index (χ1) is 8.48. The third kappa shape index (κ3) is 11.0. The minimum Gasteiger partial charge on any atom is -0.330 e. The van der Waals surface area contributed by atoms with Crippen molar-refractivity contribution in [2.75, 3.05) is 13.1 Å². The number of nitrogens with one attached hydrogen (secondary N) is 1. The molecule has 0 aliphatic heterocycles. The van der Waals surface area contributed by atoms with E-state index in [-0.39, 0.29) is 0 Å². The summed E-state index contributed by atoms with van der Waals surface area (Å²) < 4.78 is 0. The van der Waals surface area contributed by atoms with Gasteiger partial charge in [-0.1, -0.05) is 59.3 Å². The molecule has 0 aromatic rings. The van der Waals surface area contributed by atoms with Crippen LogP contribution in [0.1, 0.15) is 79.1 Å². The molecule has 0 spiro atoms. The van der Waals surface area contributed by atoms with Crippen molar-refractivity contribution in [1.82, 2.24) is 5.32 Å². The van der Waals surface area contributed by atoms with Crippen LogP contribution in [0.4, 0.5) is 0 Å². The molecule has 0 aliphatic rings. The van der Waals surface area contributed by atoms with Crippen molar-refractivity contribution < 1.29 is 0 Å². The summed E-state index contributed by atoms with van der Waals surface area (Å²) in [4.78, 5) is 0. The lowest BCUT2D eigenvalue weighted by Gasteiger charge is -2.28. The lowest BCUT2D eigenvalue weighted by Crippen LogP contribution is -2.38. The number of hydrogen-bond acceptors (Lipinski definition) is 2. The summed E-state index contributed by atoms with van der Waals surface area (Å²) >= 11 is 0. The Labute approximate surface area is 115 Å². The molecule has 0 saturated carbocycles. The monoisotopic (exact) mass is 256 g/mol. The van der Waals surface area contributed by atoms with Gasteiger partial charge < -0.3 is 11.1 Å². The van der Waals surface area contributed by atoms with E-state index in [4.69, 9.17) is 5.73 Å². The van der Waals surface area contributed by atoms with Crippen molar-refractivity contribution >= 4 is 0 Å². The molecule has 0 saturated heterocycles. The molecule has 0 aromatic carbocycles. The molecule has 0 bridgehead atoms. The van der Waals surface area contributed by atoms with E-state index < -0.39 is 0 Å². The molecular formula is C16H36N2. The fourth-order valence-electron chi connectivity index (χ4n) is 1.95. The van der Waals surface area contributed by atoms with Crippen LogP contribution in [0.2, 0.25) is 0 Å². The van der Waals surface area contributed by atoms with Crippen LogP contribution in [0, 0.1) is 5.41 Å². The van der Waals surface area contributed by atoms with E-state index in [2.05, 4.69) is 33.0 Å². The van der Waals surface area contributed by atoms with Crippen molar-refractivity contribution in [3.63, 3.8) is 0 Å². The summed E-state index contributed by atoms with van der Waals surface area (Å²) in [5.41, 5.74) is 5.85. The van der Waals surface area contributed by atoms with E-state index in [0.29, 0.717) is 11.5 Å². The Bertz CT molecular complexity index is 172. The van der Waals surface area contributed by atoms with Gasteiger partial charge >= 0.3 is 0 Å². The Morgan fingerprint density at radius 3 is 1.72 bits per heavy atom. The smallest absolute Gasteiger partial charge is 0.00872 e. The predicted molar refractivity (Wildman–Crippen MR) is 82.9 cm³/mol. The minimum atomic E-state index is 0.378. The first-order valence-electron chi connectivity index (χ1n) is 7.92. The molecule has 0 heterocycles. The molecule has 1 unspecified atom stereocenters. The Kier molecular flexibility index (Phi) is 10.8. The van der Waals surface area contributed by atoms with E-state index in [1.807, 2.05) is 0 Å². The Hall–Kier alpha value is -0.0800. The van der Waals surface area contributed by atoms with Gasteiger partial charge in [-0.05, 0) is 38.3 Å². The third-order valence-electron chi connectivity index (χ3n) is 3.88. The zero-order valence-electron chi connectivity index (χ0n) is 13.2. The number of rotatable bonds is 11. The van der Waals surface area contributed by atoms with Gasteiger partial charge in [0, 0.05) is 6.04 Å². The van der Waals surface area contributed by atoms with Crippen LogP contribution >= 0.6 is 0 Å². The van der Waals surface area contributed by atoms with E-state index in [1.165, 1.54) is 57.9 Å². The van der Waals surface area contributed by atoms with Crippen molar-refractivity contribution in [3.05, 3.63) is 0 Å². The highest BCUT2D eigenvalue weighted by Crippen LogP contribution is 2.18. The molecule has 18 heavy (non-hydrogen) atoms. The second kappa shape index (κ2) is 10.8. The topological polar surface area (TPSA) is 38.0 Å². The van der Waals surface area contributed by atoms with Crippen molar-refractivity contribution in [3.8, 4) is 0 Å². The van der Waals surface area contributed by atoms with Gasteiger partial charge in [0.15, 0.2) is 0 Å². The average molecular weight is 256 g/mol. The number of hydrogen-bond donors (Lipinski definition) is 2. The van der Waals surface area contributed by atoms with E-state index in [9.17, 15) is 0 Å². The summed E-state index contributed by atoms with van der Waals surface area (Å²) in [6, 6.07) is 0.605. The largest absolute Gasteiger partial charge is 0.330 e. The van der Waals surface area contributed by atoms with Crippen molar-refractivity contribution in [2.45, 2.75) is 85.1 Å². The molecule has 3 N–H and O–H groups in total. The first-order valence-corrected chi connectivity index (χ1v) is 7.92. The summed E-state index contributed by atoms with van der Waals surface area (Å²) in [7, 11) is 0. The van der Waals surface area contributed by atoms with Crippen LogP contribution < -0.4 is 11.1 Å². The fourth-order valence-corrected chi connectivity index (χ4v) is 1.95. The highest BCUT2D eigenvalue weighted by atomic mass is 14.9. The van der Waals surface area contributed by atoms with Gasteiger partial charge in [-0.15, -0.1) is 0 Å². The highest BCUT2D eigenvalue weighted by molar-refractivity contribution is 4.75. The number of nitrogens with two attached hydrogens (primary N) is 1. The fraction of sp³-hybridized carbons (Fsp3) is 1.00. The molecule has 1 atom stereocenters. The lowest BCUT2D eigenvalue weighted by atomic mass is 9.88. The number of unbranched alkanes of at least 4 members (excludes halogenated alkanes) is 7. The van der Waals surface area contributed by atoms with Crippen LogP contribution in [0.5, 0.6) is 0 Å². The second-order valence-corrected chi connectivity index (χ2v) is 6.66. The van der Waals surface area contributed by atoms with Gasteiger partial charge in [0.1, 0.15) is 0 Å². The zero-order valence-corrected chi connectivity index (χ0v) is 13.2. The van der Waals surface area contributed by atoms with Gasteiger partial charge in [-0.2, -0.15) is 0 Å². The molecule has 0 fully saturated rings. The molecule has 0 aliphatic carbocycles. The minimum absolute atomic E-state index is 0.378. The molecule has 2 nitrogen and oxygen atoms in total. The first kappa shape index (κ1) is 17.9. The summed E-state index contributed by atoms with van der Waals surface area (Å²) in [5, 5.41) is 3.63. The standard InChI is InChI=1S/C16H36N2/c1-15(16(2,3)4)18-14-12-10-8-6-5-7-9-11-13-17/h15,18H,5-14,17H2,1-4H3. The van der Waals surface area contributed by atoms with E-state index in [1.54, 1.807) is 0 Å². The SMILES string of the molecule is CC(NCCCCCCCCCCN)C(C)(C)C.